The molecule has 2 aromatic rings. The number of carbonyl (C=O) groups is 1. The third-order valence-electron chi connectivity index (χ3n) is 4.63. The summed E-state index contributed by atoms with van der Waals surface area (Å²) in [5.74, 6) is 0.589. The number of aromatic nitrogens is 1. The first-order chi connectivity index (χ1) is 11.5. The predicted molar refractivity (Wildman–Crippen MR) is 98.7 cm³/mol. The zero-order chi connectivity index (χ0) is 17.3. The minimum atomic E-state index is 0.124. The van der Waals surface area contributed by atoms with Gasteiger partial charge in [-0.25, -0.2) is 4.98 Å². The average Bonchev–Trinajstić information content (AvgIpc) is 2.56. The van der Waals surface area contributed by atoms with Crippen LogP contribution in [-0.4, -0.2) is 47.3 Å². The van der Waals surface area contributed by atoms with Crippen molar-refractivity contribution in [3.63, 3.8) is 0 Å². The lowest BCUT2D eigenvalue weighted by molar-refractivity contribution is -0.135. The fourth-order valence-corrected chi connectivity index (χ4v) is 3.88. The Balaban J connectivity index is 1.75. The second-order valence-electron chi connectivity index (χ2n) is 6.49. The van der Waals surface area contributed by atoms with Gasteiger partial charge >= 0.3 is 0 Å². The maximum atomic E-state index is 12.4. The lowest BCUT2D eigenvalue weighted by Crippen LogP contribution is -2.45. The van der Waals surface area contributed by atoms with Crippen LogP contribution in [0.1, 0.15) is 23.6 Å². The zero-order valence-corrected chi connectivity index (χ0v) is 15.6. The van der Waals surface area contributed by atoms with Crippen molar-refractivity contribution < 1.29 is 9.53 Å². The number of morpholine rings is 1. The van der Waals surface area contributed by atoms with Gasteiger partial charge in [-0.1, -0.05) is 23.9 Å². The highest BCUT2D eigenvalue weighted by Crippen LogP contribution is 2.27. The molecule has 5 heteroatoms. The quantitative estimate of drug-likeness (QED) is 0.799. The first kappa shape index (κ1) is 17.2. The maximum Gasteiger partial charge on any atom is 0.233 e. The summed E-state index contributed by atoms with van der Waals surface area (Å²) < 4.78 is 5.50. The van der Waals surface area contributed by atoms with Crippen LogP contribution in [0.4, 0.5) is 0 Å². The van der Waals surface area contributed by atoms with E-state index in [-0.39, 0.29) is 12.0 Å². The molecule has 4 nitrogen and oxygen atoms in total. The van der Waals surface area contributed by atoms with Crippen LogP contribution in [-0.2, 0) is 9.53 Å². The number of hydrogen-bond donors (Lipinski definition) is 0. The van der Waals surface area contributed by atoms with E-state index in [1.807, 2.05) is 11.8 Å². The number of carbonyl (C=O) groups excluding carboxylic acids is 1. The normalized spacial score (nSPS) is 18.2. The first-order valence-corrected chi connectivity index (χ1v) is 9.34. The van der Waals surface area contributed by atoms with Crippen molar-refractivity contribution in [1.82, 2.24) is 9.88 Å². The molecule has 1 aromatic carbocycles. The molecule has 3 rings (SSSR count). The molecule has 0 saturated carbocycles. The van der Waals surface area contributed by atoms with Crippen molar-refractivity contribution in [2.75, 3.05) is 25.4 Å². The van der Waals surface area contributed by atoms with Crippen LogP contribution in [0.2, 0.25) is 0 Å². The number of thioether (sulfide) groups is 1. The third kappa shape index (κ3) is 3.57. The van der Waals surface area contributed by atoms with Crippen molar-refractivity contribution in [2.24, 2.45) is 0 Å². The summed E-state index contributed by atoms with van der Waals surface area (Å²) in [4.78, 5) is 19.1. The Kier molecular flexibility index (Phi) is 5.11. The molecule has 0 bridgehead atoms. The topological polar surface area (TPSA) is 42.4 Å². The Hall–Kier alpha value is -1.59. The van der Waals surface area contributed by atoms with Crippen LogP contribution < -0.4 is 0 Å². The standard InChI is InChI=1S/C19H24N2O2S/c1-12-5-6-16-13(2)9-17(20-19(16)15(12)4)24-11-18(22)21-7-8-23-14(3)10-21/h5-6,9,14H,7-8,10-11H2,1-4H3/t14-/m0/s1. The molecule has 1 fully saturated rings. The molecule has 1 amide bonds. The second-order valence-corrected chi connectivity index (χ2v) is 7.49. The molecule has 0 N–H and O–H groups in total. The molecule has 128 valence electrons. The minimum absolute atomic E-state index is 0.124. The van der Waals surface area contributed by atoms with Crippen LogP contribution in [0.3, 0.4) is 0 Å². The van der Waals surface area contributed by atoms with Crippen molar-refractivity contribution in [3.8, 4) is 0 Å². The SMILES string of the molecule is Cc1ccc2c(C)cc(SCC(=O)N3CCO[C@@H](C)C3)nc2c1C. The molecule has 0 radical (unpaired) electrons. The van der Waals surface area contributed by atoms with Gasteiger partial charge in [0.1, 0.15) is 0 Å². The van der Waals surface area contributed by atoms with Crippen molar-refractivity contribution in [2.45, 2.75) is 38.8 Å². The summed E-state index contributed by atoms with van der Waals surface area (Å²) in [7, 11) is 0. The number of nitrogens with zero attached hydrogens (tertiary/aromatic N) is 2. The number of pyridine rings is 1. The summed E-state index contributed by atoms with van der Waals surface area (Å²) in [6.45, 7) is 10.3. The fourth-order valence-electron chi connectivity index (χ4n) is 3.01. The van der Waals surface area contributed by atoms with Gasteiger partial charge in [0.15, 0.2) is 0 Å². The molecule has 1 aromatic heterocycles. The number of aryl methyl sites for hydroxylation is 3. The summed E-state index contributed by atoms with van der Waals surface area (Å²) in [5, 5.41) is 2.11. The summed E-state index contributed by atoms with van der Waals surface area (Å²) in [5.41, 5.74) is 4.71. The van der Waals surface area contributed by atoms with Crippen LogP contribution >= 0.6 is 11.8 Å². The Morgan fingerprint density at radius 1 is 1.33 bits per heavy atom. The largest absolute Gasteiger partial charge is 0.375 e. The van der Waals surface area contributed by atoms with Gasteiger partial charge in [0, 0.05) is 18.5 Å². The lowest BCUT2D eigenvalue weighted by atomic mass is 10.0. The highest BCUT2D eigenvalue weighted by molar-refractivity contribution is 7.99. The van der Waals surface area contributed by atoms with Gasteiger partial charge in [0.25, 0.3) is 0 Å². The maximum absolute atomic E-state index is 12.4. The lowest BCUT2D eigenvalue weighted by Gasteiger charge is -2.31. The van der Waals surface area contributed by atoms with Gasteiger partial charge in [0.05, 0.1) is 29.0 Å². The Labute approximate surface area is 147 Å². The smallest absolute Gasteiger partial charge is 0.233 e. The van der Waals surface area contributed by atoms with Gasteiger partial charge in [-0.15, -0.1) is 0 Å². The Morgan fingerprint density at radius 2 is 2.12 bits per heavy atom. The molecular weight excluding hydrogens is 320 g/mol. The molecule has 0 aliphatic carbocycles. The van der Waals surface area contributed by atoms with E-state index >= 15 is 0 Å². The second kappa shape index (κ2) is 7.11. The van der Waals surface area contributed by atoms with Crippen molar-refractivity contribution >= 4 is 28.6 Å². The molecule has 0 spiro atoms. The highest BCUT2D eigenvalue weighted by Gasteiger charge is 2.21. The third-order valence-corrected chi connectivity index (χ3v) is 5.52. The van der Waals surface area contributed by atoms with E-state index in [1.165, 1.54) is 33.8 Å². The van der Waals surface area contributed by atoms with Crippen molar-refractivity contribution in [1.29, 1.82) is 0 Å². The number of rotatable bonds is 3. The van der Waals surface area contributed by atoms with E-state index < -0.39 is 0 Å². The van der Waals surface area contributed by atoms with Crippen LogP contribution in [0, 0.1) is 20.8 Å². The van der Waals surface area contributed by atoms with Crippen molar-refractivity contribution in [3.05, 3.63) is 34.9 Å². The van der Waals surface area contributed by atoms with Gasteiger partial charge in [0.2, 0.25) is 5.91 Å². The number of fused-ring (bicyclic) bond motifs is 1. The molecule has 24 heavy (non-hydrogen) atoms. The molecule has 1 atom stereocenters. The molecule has 1 saturated heterocycles. The van der Waals surface area contributed by atoms with Gasteiger partial charge in [-0.3, -0.25) is 4.79 Å². The first-order valence-electron chi connectivity index (χ1n) is 8.35. The number of benzene rings is 1. The number of amides is 1. The van der Waals surface area contributed by atoms with E-state index in [2.05, 4.69) is 39.0 Å². The number of hydrogen-bond acceptors (Lipinski definition) is 4. The van der Waals surface area contributed by atoms with Crippen LogP contribution in [0.5, 0.6) is 0 Å². The van der Waals surface area contributed by atoms with Gasteiger partial charge in [-0.2, -0.15) is 0 Å². The zero-order valence-electron chi connectivity index (χ0n) is 14.8. The van der Waals surface area contributed by atoms with E-state index in [4.69, 9.17) is 9.72 Å². The minimum Gasteiger partial charge on any atom is -0.375 e. The van der Waals surface area contributed by atoms with E-state index in [9.17, 15) is 4.79 Å². The van der Waals surface area contributed by atoms with Crippen LogP contribution in [0.25, 0.3) is 10.9 Å². The summed E-state index contributed by atoms with van der Waals surface area (Å²) >= 11 is 1.52. The number of ether oxygens (including phenoxy) is 1. The van der Waals surface area contributed by atoms with E-state index in [0.29, 0.717) is 25.4 Å². The summed E-state index contributed by atoms with van der Waals surface area (Å²) in [6, 6.07) is 6.36. The average molecular weight is 344 g/mol. The molecule has 2 heterocycles. The predicted octanol–water partition coefficient (Wildman–Crippen LogP) is 3.50. The molecule has 1 aliphatic rings. The fraction of sp³-hybridized carbons (Fsp3) is 0.474. The Bertz CT molecular complexity index is 776. The molecular formula is C19H24N2O2S. The van der Waals surface area contributed by atoms with E-state index in [1.54, 1.807) is 0 Å². The van der Waals surface area contributed by atoms with Crippen LogP contribution in [0.15, 0.2) is 23.2 Å². The van der Waals surface area contributed by atoms with Gasteiger partial charge in [-0.05, 0) is 50.5 Å². The highest BCUT2D eigenvalue weighted by atomic mass is 32.2. The summed E-state index contributed by atoms with van der Waals surface area (Å²) in [6.07, 6.45) is 0.124. The van der Waals surface area contributed by atoms with E-state index in [0.717, 1.165) is 10.5 Å². The molecule has 0 unspecified atom stereocenters. The van der Waals surface area contributed by atoms with Gasteiger partial charge < -0.3 is 9.64 Å². The molecule has 1 aliphatic heterocycles. The Morgan fingerprint density at radius 3 is 2.88 bits per heavy atom. The monoisotopic (exact) mass is 344 g/mol.